The molecule has 1 saturated heterocycles. The summed E-state index contributed by atoms with van der Waals surface area (Å²) in [6.07, 6.45) is 1.32. The molecule has 0 aliphatic carbocycles. The molecule has 1 amide bonds. The smallest absolute Gasteiger partial charge is 0.326 e. The Morgan fingerprint density at radius 2 is 1.67 bits per heavy atom. The molecule has 0 saturated carbocycles. The second-order valence-electron chi connectivity index (χ2n) is 14.6. The molecule has 1 aliphatic heterocycles. The summed E-state index contributed by atoms with van der Waals surface area (Å²) in [6, 6.07) is 16.2. The number of aromatic nitrogens is 2. The van der Waals surface area contributed by atoms with Crippen molar-refractivity contribution in [2.45, 2.75) is 78.6 Å². The van der Waals surface area contributed by atoms with Crippen molar-refractivity contribution < 1.29 is 28.2 Å². The molecule has 8 nitrogen and oxygen atoms in total. The first-order chi connectivity index (χ1) is 22.5. The van der Waals surface area contributed by atoms with Crippen molar-refractivity contribution in [3.8, 4) is 11.4 Å². The minimum absolute atomic E-state index is 0.0256. The molecule has 3 aromatic carbocycles. The van der Waals surface area contributed by atoms with E-state index in [-0.39, 0.29) is 16.7 Å². The average Bonchev–Trinajstić information content (AvgIpc) is 3.58. The first-order valence-electron chi connectivity index (χ1n) is 16.1. The van der Waals surface area contributed by atoms with Gasteiger partial charge in [-0.15, -0.1) is 0 Å². The fourth-order valence-corrected chi connectivity index (χ4v) is 6.97. The standard InChI is InChI=1S/C38H44F2N4O4/c1-22-27(21-42-44(22)29-16-15-26(39)19-28(29)40)35(45)43-33(23-12-10-9-11-13-23)32(31(38(5,6)7)34(43)36(46)47)41-20-24-18-25(37(2,3)4)14-17-30(24)48-8/h9-19,21,31-34,41H,20H2,1-8H3,(H,46,47)/t31-,32-,33-,34-/m0/s1. The molecule has 0 spiro atoms. The van der Waals surface area contributed by atoms with E-state index in [1.165, 1.54) is 21.8 Å². The molecule has 1 aromatic heterocycles. The van der Waals surface area contributed by atoms with Crippen LogP contribution in [-0.4, -0.2) is 50.9 Å². The van der Waals surface area contributed by atoms with Gasteiger partial charge in [-0.2, -0.15) is 5.10 Å². The van der Waals surface area contributed by atoms with Crippen LogP contribution in [0.15, 0.2) is 72.9 Å². The predicted octanol–water partition coefficient (Wildman–Crippen LogP) is 7.24. The van der Waals surface area contributed by atoms with Gasteiger partial charge in [0, 0.05) is 30.1 Å². The number of nitrogens with zero attached hydrogens (tertiary/aromatic N) is 3. The molecule has 48 heavy (non-hydrogen) atoms. The number of carbonyl (C=O) groups excluding carboxylic acids is 1. The van der Waals surface area contributed by atoms with Crippen LogP contribution in [0, 0.1) is 29.9 Å². The van der Waals surface area contributed by atoms with Crippen LogP contribution in [0.3, 0.4) is 0 Å². The monoisotopic (exact) mass is 658 g/mol. The maximum atomic E-state index is 14.8. The highest BCUT2D eigenvalue weighted by Gasteiger charge is 2.58. The molecule has 4 aromatic rings. The van der Waals surface area contributed by atoms with E-state index in [0.717, 1.165) is 28.8 Å². The van der Waals surface area contributed by atoms with E-state index >= 15 is 0 Å². The van der Waals surface area contributed by atoms with Crippen LogP contribution in [0.5, 0.6) is 5.75 Å². The Labute approximate surface area is 280 Å². The van der Waals surface area contributed by atoms with Crippen molar-refractivity contribution in [1.82, 2.24) is 20.0 Å². The number of carboxylic acid groups (broad SMARTS) is 1. The second kappa shape index (κ2) is 13.1. The molecule has 1 fully saturated rings. The summed E-state index contributed by atoms with van der Waals surface area (Å²) in [6.45, 7) is 14.3. The Kier molecular flexibility index (Phi) is 9.52. The van der Waals surface area contributed by atoms with Crippen LogP contribution in [0.4, 0.5) is 8.78 Å². The number of aliphatic carboxylic acids is 1. The Bertz CT molecular complexity index is 1810. The lowest BCUT2D eigenvalue weighted by Crippen LogP contribution is -2.48. The van der Waals surface area contributed by atoms with E-state index in [1.54, 1.807) is 14.0 Å². The summed E-state index contributed by atoms with van der Waals surface area (Å²) in [5.74, 6) is -3.08. The zero-order chi connectivity index (χ0) is 35.1. The van der Waals surface area contributed by atoms with Crippen LogP contribution >= 0.6 is 0 Å². The van der Waals surface area contributed by atoms with Gasteiger partial charge in [0.15, 0.2) is 5.82 Å². The quantitative estimate of drug-likeness (QED) is 0.207. The topological polar surface area (TPSA) is 96.7 Å². The van der Waals surface area contributed by atoms with Crippen molar-refractivity contribution in [3.05, 3.63) is 113 Å². The Hall–Kier alpha value is -4.57. The number of benzene rings is 3. The molecule has 0 unspecified atom stereocenters. The summed E-state index contributed by atoms with van der Waals surface area (Å²) in [5.41, 5.74) is 2.55. The normalized spacial score (nSPS) is 19.8. The second-order valence-corrected chi connectivity index (χ2v) is 14.6. The van der Waals surface area contributed by atoms with Crippen molar-refractivity contribution in [2.75, 3.05) is 7.11 Å². The Balaban J connectivity index is 1.64. The molecule has 1 aliphatic rings. The summed E-state index contributed by atoms with van der Waals surface area (Å²) < 4.78 is 35.4. The largest absolute Gasteiger partial charge is 0.496 e. The van der Waals surface area contributed by atoms with Crippen molar-refractivity contribution in [3.63, 3.8) is 0 Å². The molecule has 2 N–H and O–H groups in total. The third-order valence-corrected chi connectivity index (χ3v) is 9.35. The molecule has 10 heteroatoms. The molecule has 2 heterocycles. The molecule has 4 atom stereocenters. The highest BCUT2D eigenvalue weighted by atomic mass is 19.1. The highest BCUT2D eigenvalue weighted by Crippen LogP contribution is 2.49. The number of amides is 1. The van der Waals surface area contributed by atoms with E-state index in [0.29, 0.717) is 18.0 Å². The van der Waals surface area contributed by atoms with Gasteiger partial charge >= 0.3 is 5.97 Å². The lowest BCUT2D eigenvalue weighted by Gasteiger charge is -2.35. The van der Waals surface area contributed by atoms with Crippen molar-refractivity contribution in [2.24, 2.45) is 11.3 Å². The van der Waals surface area contributed by atoms with E-state index < -0.39 is 53.0 Å². The number of hydrogen-bond acceptors (Lipinski definition) is 5. The van der Waals surface area contributed by atoms with Gasteiger partial charge in [-0.1, -0.05) is 84.0 Å². The van der Waals surface area contributed by atoms with Gasteiger partial charge in [0.1, 0.15) is 23.3 Å². The zero-order valence-electron chi connectivity index (χ0n) is 28.7. The minimum Gasteiger partial charge on any atom is -0.496 e. The number of ether oxygens (including phenoxy) is 1. The number of likely N-dealkylation sites (tertiary alicyclic amines) is 1. The Morgan fingerprint density at radius 3 is 2.25 bits per heavy atom. The SMILES string of the molecule is COc1ccc(C(C)(C)C)cc1CN[C@H]1[C@H](C(C)(C)C)[C@@H](C(=O)O)N(C(=O)c2cnn(-c3ccc(F)cc3F)c2C)[C@H]1c1ccccc1. The zero-order valence-corrected chi connectivity index (χ0v) is 28.7. The summed E-state index contributed by atoms with van der Waals surface area (Å²) in [5, 5.41) is 18.8. The van der Waals surface area contributed by atoms with Crippen molar-refractivity contribution >= 4 is 11.9 Å². The third-order valence-electron chi connectivity index (χ3n) is 9.35. The summed E-state index contributed by atoms with van der Waals surface area (Å²) in [4.78, 5) is 29.5. The summed E-state index contributed by atoms with van der Waals surface area (Å²) >= 11 is 0. The number of carbonyl (C=O) groups is 2. The average molecular weight is 659 g/mol. The van der Waals surface area contributed by atoms with Crippen LogP contribution in [-0.2, 0) is 16.8 Å². The first-order valence-corrected chi connectivity index (χ1v) is 16.1. The van der Waals surface area contributed by atoms with Crippen LogP contribution in [0.1, 0.15) is 80.3 Å². The number of nitrogens with one attached hydrogen (secondary N) is 1. The van der Waals surface area contributed by atoms with Crippen LogP contribution in [0.2, 0.25) is 0 Å². The van der Waals surface area contributed by atoms with Gasteiger partial charge < -0.3 is 20.1 Å². The van der Waals surface area contributed by atoms with E-state index in [4.69, 9.17) is 4.74 Å². The summed E-state index contributed by atoms with van der Waals surface area (Å²) in [7, 11) is 1.62. The molecule has 254 valence electrons. The Morgan fingerprint density at radius 1 is 0.979 bits per heavy atom. The molecular weight excluding hydrogens is 614 g/mol. The fourth-order valence-electron chi connectivity index (χ4n) is 6.97. The van der Waals surface area contributed by atoms with Gasteiger partial charge in [-0.3, -0.25) is 4.79 Å². The lowest BCUT2D eigenvalue weighted by atomic mass is 9.72. The molecular formula is C38H44F2N4O4. The predicted molar refractivity (Wildman–Crippen MR) is 180 cm³/mol. The fraction of sp³-hybridized carbons (Fsp3) is 0.395. The van der Waals surface area contributed by atoms with E-state index in [1.807, 2.05) is 63.2 Å². The maximum Gasteiger partial charge on any atom is 0.326 e. The number of rotatable bonds is 8. The van der Waals surface area contributed by atoms with Gasteiger partial charge in [0.05, 0.1) is 30.6 Å². The first kappa shape index (κ1) is 34.8. The molecule has 5 rings (SSSR count). The molecule has 0 bridgehead atoms. The van der Waals surface area contributed by atoms with Gasteiger partial charge in [0.25, 0.3) is 5.91 Å². The van der Waals surface area contributed by atoms with Crippen molar-refractivity contribution in [1.29, 1.82) is 0 Å². The number of hydrogen-bond donors (Lipinski definition) is 2. The van der Waals surface area contributed by atoms with Gasteiger partial charge in [0.2, 0.25) is 0 Å². The van der Waals surface area contributed by atoms with Crippen LogP contribution in [0.25, 0.3) is 5.69 Å². The maximum absolute atomic E-state index is 14.8. The van der Waals surface area contributed by atoms with Gasteiger partial charge in [-0.05, 0) is 47.1 Å². The number of methoxy groups -OCH3 is 1. The third kappa shape index (κ3) is 6.58. The lowest BCUT2D eigenvalue weighted by molar-refractivity contribution is -0.144. The van der Waals surface area contributed by atoms with Gasteiger partial charge in [-0.25, -0.2) is 18.3 Å². The van der Waals surface area contributed by atoms with E-state index in [2.05, 4.69) is 37.3 Å². The number of carboxylic acids is 1. The highest BCUT2D eigenvalue weighted by molar-refractivity contribution is 5.98. The van der Waals surface area contributed by atoms with Crippen LogP contribution < -0.4 is 10.1 Å². The minimum atomic E-state index is -1.21. The van der Waals surface area contributed by atoms with E-state index in [9.17, 15) is 23.5 Å². The number of halogens is 2. The molecule has 0 radical (unpaired) electrons.